The van der Waals surface area contributed by atoms with Crippen molar-refractivity contribution < 1.29 is 4.74 Å². The van der Waals surface area contributed by atoms with E-state index in [0.717, 1.165) is 58.9 Å². The lowest BCUT2D eigenvalue weighted by molar-refractivity contribution is 0.227. The van der Waals surface area contributed by atoms with Gasteiger partial charge in [0.05, 0.1) is 5.69 Å². The normalized spacial score (nSPS) is 15.0. The number of H-pyrrole nitrogens is 1. The SMILES string of the molecule is CC(Oc1ccc(-c2nc(C3=CCNCC3)c3cc[nH]c3n2)cc1)c1ccccc1. The van der Waals surface area contributed by atoms with E-state index in [2.05, 4.69) is 41.5 Å². The summed E-state index contributed by atoms with van der Waals surface area (Å²) in [6, 6.07) is 20.3. The largest absolute Gasteiger partial charge is 0.486 e. The first-order valence-electron chi connectivity index (χ1n) is 10.4. The van der Waals surface area contributed by atoms with Crippen LogP contribution in [0.1, 0.15) is 30.7 Å². The van der Waals surface area contributed by atoms with Crippen LogP contribution in [0, 0.1) is 0 Å². The molecule has 0 radical (unpaired) electrons. The summed E-state index contributed by atoms with van der Waals surface area (Å²) < 4.78 is 6.10. The van der Waals surface area contributed by atoms with E-state index >= 15 is 0 Å². The van der Waals surface area contributed by atoms with Crippen LogP contribution in [0.3, 0.4) is 0 Å². The van der Waals surface area contributed by atoms with Gasteiger partial charge in [0.15, 0.2) is 5.82 Å². The van der Waals surface area contributed by atoms with Crippen LogP contribution in [0.2, 0.25) is 0 Å². The average Bonchev–Trinajstić information content (AvgIpc) is 3.29. The summed E-state index contributed by atoms with van der Waals surface area (Å²) >= 11 is 0. The number of benzene rings is 2. The number of rotatable bonds is 5. The van der Waals surface area contributed by atoms with Crippen molar-refractivity contribution in [1.82, 2.24) is 20.3 Å². The molecule has 150 valence electrons. The van der Waals surface area contributed by atoms with Crippen LogP contribution in [0.4, 0.5) is 0 Å². The van der Waals surface area contributed by atoms with Crippen LogP contribution in [-0.2, 0) is 0 Å². The number of nitrogens with zero attached hydrogens (tertiary/aromatic N) is 2. The summed E-state index contributed by atoms with van der Waals surface area (Å²) in [6.45, 7) is 3.92. The molecule has 30 heavy (non-hydrogen) atoms. The molecule has 5 rings (SSSR count). The maximum Gasteiger partial charge on any atom is 0.162 e. The topological polar surface area (TPSA) is 62.8 Å². The molecule has 0 bridgehead atoms. The molecule has 0 saturated carbocycles. The molecule has 2 aromatic heterocycles. The fourth-order valence-corrected chi connectivity index (χ4v) is 3.83. The molecule has 1 aliphatic heterocycles. The molecule has 2 aromatic carbocycles. The van der Waals surface area contributed by atoms with Gasteiger partial charge in [-0.2, -0.15) is 0 Å². The molecule has 4 aromatic rings. The van der Waals surface area contributed by atoms with E-state index in [9.17, 15) is 0 Å². The Morgan fingerprint density at radius 1 is 0.967 bits per heavy atom. The van der Waals surface area contributed by atoms with Gasteiger partial charge in [-0.25, -0.2) is 9.97 Å². The van der Waals surface area contributed by atoms with Gasteiger partial charge in [0, 0.05) is 23.7 Å². The maximum absolute atomic E-state index is 6.10. The molecule has 3 heterocycles. The van der Waals surface area contributed by atoms with Gasteiger partial charge >= 0.3 is 0 Å². The smallest absolute Gasteiger partial charge is 0.162 e. The summed E-state index contributed by atoms with van der Waals surface area (Å²) in [7, 11) is 0. The molecule has 5 heteroatoms. The first-order chi connectivity index (χ1) is 14.8. The Morgan fingerprint density at radius 3 is 2.57 bits per heavy atom. The maximum atomic E-state index is 6.10. The number of ether oxygens (including phenoxy) is 1. The predicted molar refractivity (Wildman–Crippen MR) is 120 cm³/mol. The first-order valence-corrected chi connectivity index (χ1v) is 10.4. The molecule has 0 fully saturated rings. The average molecular weight is 396 g/mol. The molecule has 0 spiro atoms. The number of fused-ring (bicyclic) bond motifs is 1. The lowest BCUT2D eigenvalue weighted by Gasteiger charge is -2.16. The minimum Gasteiger partial charge on any atom is -0.486 e. The highest BCUT2D eigenvalue weighted by atomic mass is 16.5. The van der Waals surface area contributed by atoms with Gasteiger partial charge in [-0.3, -0.25) is 0 Å². The van der Waals surface area contributed by atoms with E-state index in [1.54, 1.807) is 0 Å². The monoisotopic (exact) mass is 396 g/mol. The summed E-state index contributed by atoms with van der Waals surface area (Å²) in [5.74, 6) is 1.55. The highest BCUT2D eigenvalue weighted by molar-refractivity contribution is 5.89. The van der Waals surface area contributed by atoms with Crippen LogP contribution < -0.4 is 10.1 Å². The van der Waals surface area contributed by atoms with Gasteiger partial charge in [0.2, 0.25) is 0 Å². The van der Waals surface area contributed by atoms with E-state index in [-0.39, 0.29) is 6.10 Å². The minimum absolute atomic E-state index is 0.0120. The molecule has 1 atom stereocenters. The fourth-order valence-electron chi connectivity index (χ4n) is 3.83. The van der Waals surface area contributed by atoms with Crippen LogP contribution in [0.25, 0.3) is 28.0 Å². The minimum atomic E-state index is -0.0120. The second kappa shape index (κ2) is 8.13. The Morgan fingerprint density at radius 2 is 1.80 bits per heavy atom. The standard InChI is InChI=1S/C25H24N4O/c1-17(18-5-3-2-4-6-18)30-21-9-7-20(8-10-21)24-28-23(19-11-14-26-15-12-19)22-13-16-27-25(22)29-24/h2-11,13,16-17,26H,12,14-15H2,1H3,(H,27,28,29). The summed E-state index contributed by atoms with van der Waals surface area (Å²) in [5.41, 5.74) is 5.30. The quantitative estimate of drug-likeness (QED) is 0.490. The Bertz CT molecular complexity index is 1180. The fraction of sp³-hybridized carbons (Fsp3) is 0.200. The molecule has 1 unspecified atom stereocenters. The molecule has 0 aliphatic carbocycles. The zero-order chi connectivity index (χ0) is 20.3. The van der Waals surface area contributed by atoms with E-state index in [1.807, 2.05) is 48.7 Å². The van der Waals surface area contributed by atoms with Crippen molar-refractivity contribution in [3.8, 4) is 17.1 Å². The van der Waals surface area contributed by atoms with Crippen LogP contribution in [0.15, 0.2) is 72.9 Å². The van der Waals surface area contributed by atoms with Gasteiger partial charge in [-0.05, 0) is 61.4 Å². The van der Waals surface area contributed by atoms with Crippen molar-refractivity contribution in [2.45, 2.75) is 19.4 Å². The highest BCUT2D eigenvalue weighted by Gasteiger charge is 2.15. The molecule has 1 aliphatic rings. The van der Waals surface area contributed by atoms with Crippen LogP contribution >= 0.6 is 0 Å². The van der Waals surface area contributed by atoms with Gasteiger partial charge in [-0.15, -0.1) is 0 Å². The van der Waals surface area contributed by atoms with Crippen molar-refractivity contribution in [3.05, 3.63) is 84.2 Å². The number of hydrogen-bond donors (Lipinski definition) is 2. The molecular weight excluding hydrogens is 372 g/mol. The predicted octanol–water partition coefficient (Wildman–Crippen LogP) is 5.14. The Balaban J connectivity index is 1.43. The van der Waals surface area contributed by atoms with Crippen LogP contribution in [-0.4, -0.2) is 28.0 Å². The second-order valence-electron chi connectivity index (χ2n) is 7.51. The lowest BCUT2D eigenvalue weighted by Crippen LogP contribution is -2.20. The van der Waals surface area contributed by atoms with E-state index in [1.165, 1.54) is 5.57 Å². The first kappa shape index (κ1) is 18.6. The van der Waals surface area contributed by atoms with Crippen molar-refractivity contribution in [2.75, 3.05) is 13.1 Å². The van der Waals surface area contributed by atoms with Crippen molar-refractivity contribution in [3.63, 3.8) is 0 Å². The third kappa shape index (κ3) is 3.72. The third-order valence-corrected chi connectivity index (χ3v) is 5.48. The number of aromatic nitrogens is 3. The lowest BCUT2D eigenvalue weighted by atomic mass is 10.0. The highest BCUT2D eigenvalue weighted by Crippen LogP contribution is 2.29. The van der Waals surface area contributed by atoms with Crippen molar-refractivity contribution in [2.24, 2.45) is 0 Å². The summed E-state index contributed by atoms with van der Waals surface area (Å²) in [4.78, 5) is 12.9. The Labute approximate surface area is 175 Å². The van der Waals surface area contributed by atoms with E-state index in [4.69, 9.17) is 14.7 Å². The number of nitrogens with one attached hydrogen (secondary N) is 2. The molecule has 0 saturated heterocycles. The molecule has 2 N–H and O–H groups in total. The van der Waals surface area contributed by atoms with E-state index in [0.29, 0.717) is 0 Å². The second-order valence-corrected chi connectivity index (χ2v) is 7.51. The number of aromatic amines is 1. The van der Waals surface area contributed by atoms with Crippen molar-refractivity contribution >= 4 is 16.6 Å². The number of hydrogen-bond acceptors (Lipinski definition) is 4. The summed E-state index contributed by atoms with van der Waals surface area (Å²) in [6.07, 6.45) is 5.11. The molecule has 0 amide bonds. The Kier molecular flexibility index (Phi) is 5.03. The van der Waals surface area contributed by atoms with Gasteiger partial charge in [-0.1, -0.05) is 36.4 Å². The Hall–Kier alpha value is -3.44. The zero-order valence-electron chi connectivity index (χ0n) is 16.9. The third-order valence-electron chi connectivity index (χ3n) is 5.48. The van der Waals surface area contributed by atoms with Gasteiger partial charge in [0.1, 0.15) is 17.5 Å². The van der Waals surface area contributed by atoms with Crippen LogP contribution in [0.5, 0.6) is 5.75 Å². The van der Waals surface area contributed by atoms with Crippen molar-refractivity contribution in [1.29, 1.82) is 0 Å². The zero-order valence-corrected chi connectivity index (χ0v) is 16.9. The van der Waals surface area contributed by atoms with E-state index < -0.39 is 0 Å². The van der Waals surface area contributed by atoms with Gasteiger partial charge in [0.25, 0.3) is 0 Å². The molecular formula is C25H24N4O. The van der Waals surface area contributed by atoms with Gasteiger partial charge < -0.3 is 15.0 Å². The summed E-state index contributed by atoms with van der Waals surface area (Å²) in [5, 5.41) is 4.44. The molecule has 5 nitrogen and oxygen atoms in total.